The SMILES string of the molecule is C[C@]12CC[C@@H]3c4ccc(O)cc4C(NOCc4ccc(C#N)cc4)=C[C@H]3[C@@H]1CC[C@@H]2O. The van der Waals surface area contributed by atoms with E-state index in [2.05, 4.69) is 24.5 Å². The van der Waals surface area contributed by atoms with E-state index in [-0.39, 0.29) is 17.3 Å². The monoisotopic (exact) mass is 416 g/mol. The molecule has 0 bridgehead atoms. The smallest absolute Gasteiger partial charge is 0.116 e. The fourth-order valence-electron chi connectivity index (χ4n) is 6.11. The number of phenolic OH excluding ortho intramolecular Hbond substituents is 1. The van der Waals surface area contributed by atoms with Crippen LogP contribution in [0.3, 0.4) is 0 Å². The number of aliphatic hydroxyl groups excluding tert-OH is 1. The largest absolute Gasteiger partial charge is 0.508 e. The Hall–Kier alpha value is -2.81. The molecule has 3 N–H and O–H groups in total. The van der Waals surface area contributed by atoms with Gasteiger partial charge < -0.3 is 10.2 Å². The second kappa shape index (κ2) is 7.71. The molecule has 5 atom stereocenters. The highest BCUT2D eigenvalue weighted by atomic mass is 16.6. The normalized spacial score (nSPS) is 31.1. The van der Waals surface area contributed by atoms with Gasteiger partial charge in [-0.1, -0.05) is 31.2 Å². The van der Waals surface area contributed by atoms with Gasteiger partial charge in [0.2, 0.25) is 0 Å². The molecule has 5 rings (SSSR count). The molecule has 31 heavy (non-hydrogen) atoms. The maximum atomic E-state index is 10.7. The number of nitriles is 1. The van der Waals surface area contributed by atoms with Crippen molar-refractivity contribution in [1.82, 2.24) is 5.48 Å². The van der Waals surface area contributed by atoms with Crippen LogP contribution in [0.1, 0.15) is 60.8 Å². The Morgan fingerprint density at radius 2 is 1.97 bits per heavy atom. The molecule has 0 heterocycles. The van der Waals surface area contributed by atoms with Gasteiger partial charge in [0.15, 0.2) is 0 Å². The summed E-state index contributed by atoms with van der Waals surface area (Å²) in [5.74, 6) is 1.43. The van der Waals surface area contributed by atoms with Crippen molar-refractivity contribution in [2.24, 2.45) is 17.3 Å². The summed E-state index contributed by atoms with van der Waals surface area (Å²) in [5.41, 5.74) is 7.83. The van der Waals surface area contributed by atoms with Gasteiger partial charge >= 0.3 is 0 Å². The van der Waals surface area contributed by atoms with Crippen molar-refractivity contribution in [3.8, 4) is 11.8 Å². The van der Waals surface area contributed by atoms with E-state index < -0.39 is 0 Å². The molecule has 2 fully saturated rings. The lowest BCUT2D eigenvalue weighted by Crippen LogP contribution is -2.43. The van der Waals surface area contributed by atoms with E-state index in [1.807, 2.05) is 24.3 Å². The summed E-state index contributed by atoms with van der Waals surface area (Å²) in [7, 11) is 0. The summed E-state index contributed by atoms with van der Waals surface area (Å²) < 4.78 is 0. The molecular weight excluding hydrogens is 388 g/mol. The van der Waals surface area contributed by atoms with Gasteiger partial charge in [0.25, 0.3) is 0 Å². The number of aromatic hydroxyl groups is 1. The molecule has 0 saturated heterocycles. The number of hydrogen-bond donors (Lipinski definition) is 3. The van der Waals surface area contributed by atoms with Crippen molar-refractivity contribution in [2.45, 2.75) is 51.2 Å². The van der Waals surface area contributed by atoms with Gasteiger partial charge in [0.1, 0.15) is 5.75 Å². The Balaban J connectivity index is 1.41. The number of aliphatic hydroxyl groups is 1. The molecule has 2 saturated carbocycles. The van der Waals surface area contributed by atoms with Crippen molar-refractivity contribution in [2.75, 3.05) is 0 Å². The minimum atomic E-state index is -0.225. The predicted molar refractivity (Wildman–Crippen MR) is 117 cm³/mol. The molecule has 0 unspecified atom stereocenters. The van der Waals surface area contributed by atoms with Gasteiger partial charge in [-0.2, -0.15) is 5.26 Å². The van der Waals surface area contributed by atoms with Crippen molar-refractivity contribution >= 4 is 5.70 Å². The van der Waals surface area contributed by atoms with Gasteiger partial charge in [0.05, 0.1) is 30.0 Å². The number of phenols is 1. The summed E-state index contributed by atoms with van der Waals surface area (Å²) in [6, 6.07) is 15.1. The highest BCUT2D eigenvalue weighted by Crippen LogP contribution is 2.60. The average molecular weight is 417 g/mol. The van der Waals surface area contributed by atoms with Crippen LogP contribution in [-0.2, 0) is 11.4 Å². The first kappa shape index (κ1) is 20.1. The van der Waals surface area contributed by atoms with Crippen LogP contribution in [0, 0.1) is 28.6 Å². The lowest BCUT2D eigenvalue weighted by molar-refractivity contribution is -0.00875. The number of hydrogen-bond acceptors (Lipinski definition) is 5. The van der Waals surface area contributed by atoms with E-state index in [0.29, 0.717) is 29.9 Å². The number of allylic oxidation sites excluding steroid dienone is 1. The van der Waals surface area contributed by atoms with Crippen LogP contribution in [0.15, 0.2) is 48.5 Å². The predicted octanol–water partition coefficient (Wildman–Crippen LogP) is 4.61. The van der Waals surface area contributed by atoms with E-state index in [0.717, 1.165) is 42.5 Å². The minimum absolute atomic E-state index is 0.0272. The van der Waals surface area contributed by atoms with Gasteiger partial charge in [-0.15, -0.1) is 0 Å². The number of hydroxylamine groups is 1. The van der Waals surface area contributed by atoms with Crippen molar-refractivity contribution in [1.29, 1.82) is 5.26 Å². The van der Waals surface area contributed by atoms with Crippen LogP contribution in [0.5, 0.6) is 5.75 Å². The van der Waals surface area contributed by atoms with Gasteiger partial charge in [-0.3, -0.25) is 10.3 Å². The van der Waals surface area contributed by atoms with E-state index in [1.165, 1.54) is 5.56 Å². The van der Waals surface area contributed by atoms with E-state index in [9.17, 15) is 10.2 Å². The maximum Gasteiger partial charge on any atom is 0.116 e. The van der Waals surface area contributed by atoms with Crippen LogP contribution < -0.4 is 5.48 Å². The second-order valence-corrected chi connectivity index (χ2v) is 9.48. The number of fused-ring (bicyclic) bond motifs is 5. The van der Waals surface area contributed by atoms with Gasteiger partial charge in [-0.25, -0.2) is 0 Å². The van der Waals surface area contributed by atoms with Crippen LogP contribution in [0.25, 0.3) is 5.70 Å². The Labute approximate surface area is 182 Å². The summed E-state index contributed by atoms with van der Waals surface area (Å²) >= 11 is 0. The van der Waals surface area contributed by atoms with Crippen LogP contribution in [0.4, 0.5) is 0 Å². The zero-order chi connectivity index (χ0) is 21.6. The summed E-state index contributed by atoms with van der Waals surface area (Å²) in [6.07, 6.45) is 6.04. The molecule has 0 aliphatic heterocycles. The first-order valence-corrected chi connectivity index (χ1v) is 11.1. The quantitative estimate of drug-likeness (QED) is 0.634. The van der Waals surface area contributed by atoms with E-state index in [4.69, 9.17) is 10.1 Å². The number of nitrogens with one attached hydrogen (secondary N) is 1. The van der Waals surface area contributed by atoms with E-state index in [1.54, 1.807) is 18.2 Å². The van der Waals surface area contributed by atoms with Crippen molar-refractivity contribution in [3.05, 3.63) is 70.8 Å². The van der Waals surface area contributed by atoms with Crippen LogP contribution in [-0.4, -0.2) is 16.3 Å². The van der Waals surface area contributed by atoms with Gasteiger partial charge in [0, 0.05) is 5.56 Å². The molecule has 2 aromatic carbocycles. The van der Waals surface area contributed by atoms with Crippen molar-refractivity contribution < 1.29 is 15.1 Å². The molecule has 0 amide bonds. The van der Waals surface area contributed by atoms with Gasteiger partial charge in [-0.05, 0) is 84.2 Å². The summed E-state index contributed by atoms with van der Waals surface area (Å²) in [4.78, 5) is 5.83. The maximum absolute atomic E-state index is 10.7. The third-order valence-electron chi connectivity index (χ3n) is 7.87. The second-order valence-electron chi connectivity index (χ2n) is 9.48. The molecule has 2 aromatic rings. The summed E-state index contributed by atoms with van der Waals surface area (Å²) in [5, 5.41) is 29.7. The molecule has 3 aliphatic carbocycles. The topological polar surface area (TPSA) is 85.5 Å². The third-order valence-corrected chi connectivity index (χ3v) is 7.87. The molecule has 0 spiro atoms. The van der Waals surface area contributed by atoms with Crippen molar-refractivity contribution in [3.63, 3.8) is 0 Å². The Bertz CT molecular complexity index is 1060. The Morgan fingerprint density at radius 1 is 1.16 bits per heavy atom. The first-order chi connectivity index (χ1) is 15.0. The molecule has 3 aliphatic rings. The minimum Gasteiger partial charge on any atom is -0.508 e. The number of nitrogens with zero attached hydrogens (tertiary/aromatic N) is 1. The van der Waals surface area contributed by atoms with Crippen LogP contribution in [0.2, 0.25) is 0 Å². The Morgan fingerprint density at radius 3 is 2.74 bits per heavy atom. The number of rotatable bonds is 4. The van der Waals surface area contributed by atoms with E-state index >= 15 is 0 Å². The molecule has 0 radical (unpaired) electrons. The molecule has 160 valence electrons. The Kier molecular flexibility index (Phi) is 5.00. The first-order valence-electron chi connectivity index (χ1n) is 11.1. The highest BCUT2D eigenvalue weighted by molar-refractivity contribution is 5.71. The zero-order valence-electron chi connectivity index (χ0n) is 17.7. The fourth-order valence-corrected chi connectivity index (χ4v) is 6.11. The third kappa shape index (κ3) is 3.40. The highest BCUT2D eigenvalue weighted by Gasteiger charge is 2.54. The standard InChI is InChI=1S/C26H28N2O3/c1-26-11-10-20-19-7-6-18(29)12-22(19)24(13-21(20)23(26)8-9-25(26)30)28-31-15-17-4-2-16(14-27)3-5-17/h2-7,12-13,20-21,23,25,28-30H,8-11,15H2,1H3/t20-,21-,23+,25+,26+/m1/s1. The summed E-state index contributed by atoms with van der Waals surface area (Å²) in [6.45, 7) is 2.62. The zero-order valence-corrected chi connectivity index (χ0v) is 17.7. The lowest BCUT2D eigenvalue weighted by atomic mass is 9.56. The average Bonchev–Trinajstić information content (AvgIpc) is 3.09. The lowest BCUT2D eigenvalue weighted by Gasteiger charge is -2.48. The molecule has 0 aromatic heterocycles. The fraction of sp³-hybridized carbons (Fsp3) is 0.423. The molecule has 5 nitrogen and oxygen atoms in total. The van der Waals surface area contributed by atoms with Crippen LogP contribution >= 0.6 is 0 Å². The molecule has 5 heteroatoms. The number of benzene rings is 2. The molecular formula is C26H28N2O3.